The minimum Gasteiger partial charge on any atom is -0.392 e. The molecule has 1 nitrogen and oxygen atoms in total. The molecule has 0 fully saturated rings. The number of aliphatic hydroxyl groups is 1. The number of aliphatic hydroxyl groups excluding tert-OH is 1. The lowest BCUT2D eigenvalue weighted by atomic mass is 10.1. The van der Waals surface area contributed by atoms with Crippen LogP contribution in [-0.4, -0.2) is 11.4 Å². The molecule has 0 atom stereocenters. The smallest absolute Gasteiger partial charge is 0.0698 e. The van der Waals surface area contributed by atoms with Gasteiger partial charge in [0.1, 0.15) is 0 Å². The summed E-state index contributed by atoms with van der Waals surface area (Å²) in [6.07, 6.45) is 2.09. The quantitative estimate of drug-likeness (QED) is 0.789. The molecule has 1 aromatic carbocycles. The Bertz CT molecular complexity index is 460. The molecule has 3 heteroatoms. The fraction of sp³-hybridized carbons (Fsp3) is 0.273. The summed E-state index contributed by atoms with van der Waals surface area (Å²) in [6, 6.07) is 6.27. The molecule has 1 N–H and O–H groups in total. The van der Waals surface area contributed by atoms with E-state index in [0.717, 1.165) is 5.56 Å². The van der Waals surface area contributed by atoms with E-state index < -0.39 is 0 Å². The Balaban J connectivity index is 2.79. The predicted molar refractivity (Wildman–Crippen MR) is 64.3 cm³/mol. The fourth-order valence-electron chi connectivity index (χ4n) is 1.62. The van der Waals surface area contributed by atoms with Crippen LogP contribution in [0.25, 0.3) is 10.1 Å². The first-order valence-electron chi connectivity index (χ1n) is 4.43. The van der Waals surface area contributed by atoms with Crippen molar-refractivity contribution in [3.8, 4) is 0 Å². The Kier molecular flexibility index (Phi) is 2.81. The van der Waals surface area contributed by atoms with Crippen molar-refractivity contribution in [1.29, 1.82) is 0 Å². The van der Waals surface area contributed by atoms with Gasteiger partial charge in [0.25, 0.3) is 0 Å². The van der Waals surface area contributed by atoms with Crippen LogP contribution in [0.2, 0.25) is 0 Å². The van der Waals surface area contributed by atoms with Gasteiger partial charge in [-0.2, -0.15) is 0 Å². The van der Waals surface area contributed by atoms with E-state index in [4.69, 9.17) is 0 Å². The second-order valence-corrected chi connectivity index (χ2v) is 5.20. The standard InChI is InChI=1S/C11H12OS2/c1-7-9(6-12)8-4-3-5-10(13-2)11(8)14-7/h3-5,12H,6H2,1-2H3. The van der Waals surface area contributed by atoms with Crippen molar-refractivity contribution >= 4 is 33.2 Å². The van der Waals surface area contributed by atoms with Crippen LogP contribution >= 0.6 is 23.1 Å². The van der Waals surface area contributed by atoms with Gasteiger partial charge in [-0.1, -0.05) is 12.1 Å². The van der Waals surface area contributed by atoms with Crippen LogP contribution in [0.1, 0.15) is 10.4 Å². The van der Waals surface area contributed by atoms with Crippen molar-refractivity contribution < 1.29 is 5.11 Å². The van der Waals surface area contributed by atoms with Gasteiger partial charge in [0.15, 0.2) is 0 Å². The van der Waals surface area contributed by atoms with Crippen LogP contribution in [-0.2, 0) is 6.61 Å². The normalized spacial score (nSPS) is 11.1. The zero-order chi connectivity index (χ0) is 10.1. The van der Waals surface area contributed by atoms with Crippen molar-refractivity contribution in [2.75, 3.05) is 6.26 Å². The van der Waals surface area contributed by atoms with Gasteiger partial charge in [-0.25, -0.2) is 0 Å². The SMILES string of the molecule is CSc1cccc2c(CO)c(C)sc12. The minimum atomic E-state index is 0.143. The van der Waals surface area contributed by atoms with Gasteiger partial charge in [0.2, 0.25) is 0 Å². The molecule has 0 saturated carbocycles. The van der Waals surface area contributed by atoms with Crippen molar-refractivity contribution in [3.63, 3.8) is 0 Å². The Hall–Kier alpha value is -0.510. The Morgan fingerprint density at radius 3 is 2.86 bits per heavy atom. The second-order valence-electron chi connectivity index (χ2n) is 3.13. The van der Waals surface area contributed by atoms with Crippen molar-refractivity contribution in [2.24, 2.45) is 0 Å². The van der Waals surface area contributed by atoms with Gasteiger partial charge >= 0.3 is 0 Å². The average Bonchev–Trinajstić information content (AvgIpc) is 2.52. The zero-order valence-electron chi connectivity index (χ0n) is 8.20. The summed E-state index contributed by atoms with van der Waals surface area (Å²) < 4.78 is 1.31. The monoisotopic (exact) mass is 224 g/mol. The number of aryl methyl sites for hydroxylation is 1. The third kappa shape index (κ3) is 1.45. The second kappa shape index (κ2) is 3.93. The van der Waals surface area contributed by atoms with E-state index in [1.54, 1.807) is 23.1 Å². The summed E-state index contributed by atoms with van der Waals surface area (Å²) in [4.78, 5) is 2.53. The van der Waals surface area contributed by atoms with Crippen LogP contribution in [0.4, 0.5) is 0 Å². The maximum absolute atomic E-state index is 9.27. The fourth-order valence-corrected chi connectivity index (χ4v) is 3.58. The molecule has 1 heterocycles. The Morgan fingerprint density at radius 2 is 2.21 bits per heavy atom. The van der Waals surface area contributed by atoms with Crippen LogP contribution in [0, 0.1) is 6.92 Å². The first-order valence-corrected chi connectivity index (χ1v) is 6.48. The number of fused-ring (bicyclic) bond motifs is 1. The molecule has 74 valence electrons. The number of rotatable bonds is 2. The number of thioether (sulfide) groups is 1. The summed E-state index contributed by atoms with van der Waals surface area (Å²) in [6.45, 7) is 2.21. The van der Waals surface area contributed by atoms with Crippen molar-refractivity contribution in [3.05, 3.63) is 28.6 Å². The summed E-state index contributed by atoms with van der Waals surface area (Å²) in [7, 11) is 0. The van der Waals surface area contributed by atoms with Gasteiger partial charge in [-0.3, -0.25) is 0 Å². The summed E-state index contributed by atoms with van der Waals surface area (Å²) in [5.41, 5.74) is 1.08. The molecule has 14 heavy (non-hydrogen) atoms. The van der Waals surface area contributed by atoms with Crippen molar-refractivity contribution in [2.45, 2.75) is 18.4 Å². The number of hydrogen-bond donors (Lipinski definition) is 1. The molecule has 0 spiro atoms. The van der Waals surface area contributed by atoms with Gasteiger partial charge in [0.05, 0.1) is 6.61 Å². The number of hydrogen-bond acceptors (Lipinski definition) is 3. The molecule has 2 rings (SSSR count). The van der Waals surface area contributed by atoms with Gasteiger partial charge in [-0.15, -0.1) is 23.1 Å². The van der Waals surface area contributed by atoms with Gasteiger partial charge in [-0.05, 0) is 30.2 Å². The zero-order valence-corrected chi connectivity index (χ0v) is 9.84. The molecule has 0 saturated heterocycles. The topological polar surface area (TPSA) is 20.2 Å². The molecule has 0 aliphatic heterocycles. The largest absolute Gasteiger partial charge is 0.392 e. The maximum Gasteiger partial charge on any atom is 0.0698 e. The van der Waals surface area contributed by atoms with Crippen LogP contribution < -0.4 is 0 Å². The highest BCUT2D eigenvalue weighted by Crippen LogP contribution is 2.36. The van der Waals surface area contributed by atoms with E-state index in [1.807, 2.05) is 0 Å². The number of benzene rings is 1. The molecule has 0 amide bonds. The highest BCUT2D eigenvalue weighted by atomic mass is 32.2. The predicted octanol–water partition coefficient (Wildman–Crippen LogP) is 3.42. The van der Waals surface area contributed by atoms with E-state index in [9.17, 15) is 5.11 Å². The number of thiophene rings is 1. The molecular formula is C11H12OS2. The first kappa shape index (κ1) is 10.0. The summed E-state index contributed by atoms with van der Waals surface area (Å²) in [5.74, 6) is 0. The van der Waals surface area contributed by atoms with Crippen LogP contribution in [0.5, 0.6) is 0 Å². The Morgan fingerprint density at radius 1 is 1.43 bits per heavy atom. The minimum absolute atomic E-state index is 0.143. The van der Waals surface area contributed by atoms with E-state index in [0.29, 0.717) is 0 Å². The summed E-state index contributed by atoms with van der Waals surface area (Å²) >= 11 is 3.53. The van der Waals surface area contributed by atoms with Crippen LogP contribution in [0.15, 0.2) is 23.1 Å². The average molecular weight is 224 g/mol. The molecule has 0 bridgehead atoms. The highest BCUT2D eigenvalue weighted by molar-refractivity contribution is 7.99. The van der Waals surface area contributed by atoms with Gasteiger partial charge < -0.3 is 5.11 Å². The van der Waals surface area contributed by atoms with Crippen LogP contribution in [0.3, 0.4) is 0 Å². The molecular weight excluding hydrogens is 212 g/mol. The molecule has 2 aromatic rings. The molecule has 0 radical (unpaired) electrons. The Labute approximate surface area is 91.8 Å². The molecule has 0 aliphatic carbocycles. The van der Waals surface area contributed by atoms with Crippen molar-refractivity contribution in [1.82, 2.24) is 0 Å². The van der Waals surface area contributed by atoms with E-state index in [-0.39, 0.29) is 6.61 Å². The lowest BCUT2D eigenvalue weighted by Crippen LogP contribution is -1.82. The van der Waals surface area contributed by atoms with E-state index in [2.05, 4.69) is 31.4 Å². The first-order chi connectivity index (χ1) is 6.77. The highest BCUT2D eigenvalue weighted by Gasteiger charge is 2.10. The molecule has 0 unspecified atom stereocenters. The third-order valence-corrected chi connectivity index (χ3v) is 4.47. The van der Waals surface area contributed by atoms with E-state index in [1.165, 1.54) is 19.9 Å². The van der Waals surface area contributed by atoms with E-state index >= 15 is 0 Å². The molecule has 1 aromatic heterocycles. The van der Waals surface area contributed by atoms with Gasteiger partial charge in [0, 0.05) is 14.5 Å². The third-order valence-electron chi connectivity index (χ3n) is 2.36. The summed E-state index contributed by atoms with van der Waals surface area (Å²) in [5, 5.41) is 10.5. The lowest BCUT2D eigenvalue weighted by Gasteiger charge is -1.98. The maximum atomic E-state index is 9.27. The lowest BCUT2D eigenvalue weighted by molar-refractivity contribution is 0.283. The molecule has 0 aliphatic rings.